The lowest BCUT2D eigenvalue weighted by molar-refractivity contribution is -0.153. The Labute approximate surface area is 165 Å². The lowest BCUT2D eigenvalue weighted by Gasteiger charge is -2.29. The fraction of sp³-hybridized carbons (Fsp3) is 0.368. The number of aliphatic hydroxyl groups is 1. The van der Waals surface area contributed by atoms with Crippen molar-refractivity contribution in [1.29, 1.82) is 5.26 Å². The predicted molar refractivity (Wildman–Crippen MR) is 103 cm³/mol. The summed E-state index contributed by atoms with van der Waals surface area (Å²) in [6, 6.07) is 8.46. The molecule has 0 bridgehead atoms. The van der Waals surface area contributed by atoms with E-state index >= 15 is 0 Å². The Kier molecular flexibility index (Phi) is 4.51. The SMILES string of the molecule is C[C@@]12CCC(=O)N1[C@@H](C(=O)OC/C(O)=C(\C#N)c1nc3ccccc3[nH]1)CS2. The van der Waals surface area contributed by atoms with Crippen LogP contribution in [0.15, 0.2) is 30.0 Å². The number of fused-ring (bicyclic) bond motifs is 2. The molecule has 9 heteroatoms. The smallest absolute Gasteiger partial charge is 0.330 e. The summed E-state index contributed by atoms with van der Waals surface area (Å²) in [5, 5.41) is 19.7. The van der Waals surface area contributed by atoms with E-state index in [-0.39, 0.29) is 22.2 Å². The van der Waals surface area contributed by atoms with Crippen LogP contribution in [0.25, 0.3) is 16.6 Å². The maximum atomic E-state index is 12.5. The van der Waals surface area contributed by atoms with Crippen molar-refractivity contribution < 1.29 is 19.4 Å². The summed E-state index contributed by atoms with van der Waals surface area (Å²) in [4.78, 5) is 33.1. The lowest BCUT2D eigenvalue weighted by Crippen LogP contribution is -2.46. The molecule has 1 aromatic heterocycles. The summed E-state index contributed by atoms with van der Waals surface area (Å²) in [6.07, 6.45) is 1.12. The molecule has 2 aliphatic rings. The number of H-pyrrole nitrogens is 1. The minimum absolute atomic E-state index is 0.0609. The third-order valence-corrected chi connectivity index (χ3v) is 6.60. The Morgan fingerprint density at radius 2 is 2.32 bits per heavy atom. The molecule has 28 heavy (non-hydrogen) atoms. The van der Waals surface area contributed by atoms with E-state index in [4.69, 9.17) is 4.74 Å². The van der Waals surface area contributed by atoms with Crippen molar-refractivity contribution in [2.45, 2.75) is 30.7 Å². The summed E-state index contributed by atoms with van der Waals surface area (Å²) in [7, 11) is 0. The first-order chi connectivity index (χ1) is 13.4. The van der Waals surface area contributed by atoms with Gasteiger partial charge in [0.1, 0.15) is 24.3 Å². The molecule has 1 amide bonds. The second-order valence-electron chi connectivity index (χ2n) is 6.91. The Hall–Kier alpha value is -2.99. The van der Waals surface area contributed by atoms with Gasteiger partial charge in [0.2, 0.25) is 5.91 Å². The van der Waals surface area contributed by atoms with Crippen LogP contribution in [-0.4, -0.2) is 55.1 Å². The van der Waals surface area contributed by atoms with Gasteiger partial charge >= 0.3 is 5.97 Å². The van der Waals surface area contributed by atoms with Crippen LogP contribution in [0.5, 0.6) is 0 Å². The number of benzene rings is 1. The number of nitrogens with zero attached hydrogens (tertiary/aromatic N) is 3. The van der Waals surface area contributed by atoms with Gasteiger partial charge in [-0.05, 0) is 25.5 Å². The van der Waals surface area contributed by atoms with Crippen LogP contribution in [0.2, 0.25) is 0 Å². The highest BCUT2D eigenvalue weighted by atomic mass is 32.2. The van der Waals surface area contributed by atoms with Gasteiger partial charge in [-0.15, -0.1) is 11.8 Å². The highest BCUT2D eigenvalue weighted by Gasteiger charge is 2.53. The number of thioether (sulfide) groups is 1. The van der Waals surface area contributed by atoms with E-state index in [0.29, 0.717) is 24.1 Å². The van der Waals surface area contributed by atoms with Crippen molar-refractivity contribution in [3.63, 3.8) is 0 Å². The molecule has 1 aromatic carbocycles. The number of rotatable bonds is 4. The fourth-order valence-electron chi connectivity index (χ4n) is 3.63. The van der Waals surface area contributed by atoms with Gasteiger partial charge in [-0.2, -0.15) is 5.26 Å². The van der Waals surface area contributed by atoms with Crippen LogP contribution >= 0.6 is 11.8 Å². The van der Waals surface area contributed by atoms with Crippen LogP contribution in [0.4, 0.5) is 0 Å². The first kappa shape index (κ1) is 18.4. The molecule has 144 valence electrons. The summed E-state index contributed by atoms with van der Waals surface area (Å²) in [5.41, 5.74) is 1.29. The van der Waals surface area contributed by atoms with E-state index < -0.39 is 24.4 Å². The van der Waals surface area contributed by atoms with Gasteiger partial charge in [0.05, 0.1) is 15.9 Å². The molecule has 0 unspecified atom stereocenters. The minimum Gasteiger partial charge on any atom is -0.507 e. The molecule has 0 spiro atoms. The topological polar surface area (TPSA) is 119 Å². The number of para-hydroxylation sites is 2. The van der Waals surface area contributed by atoms with E-state index in [9.17, 15) is 20.0 Å². The zero-order chi connectivity index (χ0) is 19.9. The molecule has 8 nitrogen and oxygen atoms in total. The number of nitrogens with one attached hydrogen (secondary N) is 1. The van der Waals surface area contributed by atoms with Crippen LogP contribution in [-0.2, 0) is 14.3 Å². The van der Waals surface area contributed by atoms with Gasteiger partial charge in [-0.25, -0.2) is 9.78 Å². The number of aliphatic hydroxyl groups excluding tert-OH is 1. The second kappa shape index (κ2) is 6.87. The molecule has 4 rings (SSSR count). The summed E-state index contributed by atoms with van der Waals surface area (Å²) in [6.45, 7) is 1.49. The highest BCUT2D eigenvalue weighted by molar-refractivity contribution is 8.01. The first-order valence-corrected chi connectivity index (χ1v) is 9.81. The number of ether oxygens (including phenoxy) is 1. The lowest BCUT2D eigenvalue weighted by atomic mass is 10.2. The normalized spacial score (nSPS) is 24.8. The minimum atomic E-state index is -0.672. The van der Waals surface area contributed by atoms with Crippen molar-refractivity contribution in [3.8, 4) is 6.07 Å². The molecule has 0 saturated carbocycles. The molecule has 2 N–H and O–H groups in total. The van der Waals surface area contributed by atoms with Gasteiger partial charge in [-0.1, -0.05) is 12.1 Å². The van der Waals surface area contributed by atoms with Crippen molar-refractivity contribution in [2.75, 3.05) is 12.4 Å². The molecular weight excluding hydrogens is 380 g/mol. The van der Waals surface area contributed by atoms with Gasteiger partial charge in [0.25, 0.3) is 0 Å². The third kappa shape index (κ3) is 2.99. The van der Waals surface area contributed by atoms with E-state index in [2.05, 4.69) is 9.97 Å². The average molecular weight is 398 g/mol. The third-order valence-electron chi connectivity index (χ3n) is 5.09. The average Bonchev–Trinajstić information content (AvgIpc) is 3.33. The number of carbonyl (C=O) groups is 2. The maximum Gasteiger partial charge on any atom is 0.330 e. The van der Waals surface area contributed by atoms with E-state index in [0.717, 1.165) is 5.52 Å². The second-order valence-corrected chi connectivity index (χ2v) is 8.41. The zero-order valence-corrected chi connectivity index (χ0v) is 16.0. The fourth-order valence-corrected chi connectivity index (χ4v) is 5.05. The van der Waals surface area contributed by atoms with Crippen LogP contribution in [0.3, 0.4) is 0 Å². The van der Waals surface area contributed by atoms with E-state index in [1.165, 1.54) is 0 Å². The van der Waals surface area contributed by atoms with E-state index in [1.807, 2.05) is 25.1 Å². The number of aromatic amines is 1. The largest absolute Gasteiger partial charge is 0.507 e. The van der Waals surface area contributed by atoms with Crippen LogP contribution < -0.4 is 0 Å². The highest BCUT2D eigenvalue weighted by Crippen LogP contribution is 2.47. The van der Waals surface area contributed by atoms with Crippen molar-refractivity contribution >= 4 is 40.2 Å². The Bertz CT molecular complexity index is 1010. The molecule has 2 aromatic rings. The zero-order valence-electron chi connectivity index (χ0n) is 15.1. The molecule has 2 aliphatic heterocycles. The Morgan fingerprint density at radius 3 is 3.07 bits per heavy atom. The van der Waals surface area contributed by atoms with Gasteiger partial charge in [0, 0.05) is 12.2 Å². The number of amides is 1. The van der Waals surface area contributed by atoms with Gasteiger partial charge in [-0.3, -0.25) is 4.79 Å². The summed E-state index contributed by atoms with van der Waals surface area (Å²) in [5.74, 6) is -0.374. The number of hydrogen-bond donors (Lipinski definition) is 2. The number of allylic oxidation sites excluding steroid dienone is 1. The summed E-state index contributed by atoms with van der Waals surface area (Å²) >= 11 is 1.56. The maximum absolute atomic E-state index is 12.5. The Balaban J connectivity index is 1.49. The predicted octanol–water partition coefficient (Wildman–Crippen LogP) is 2.35. The number of aromatic nitrogens is 2. The van der Waals surface area contributed by atoms with Crippen molar-refractivity contribution in [2.24, 2.45) is 0 Å². The molecule has 3 heterocycles. The molecule has 0 aliphatic carbocycles. The summed E-state index contributed by atoms with van der Waals surface area (Å²) < 4.78 is 5.22. The number of carbonyl (C=O) groups excluding carboxylic acids is 2. The Morgan fingerprint density at radius 1 is 1.54 bits per heavy atom. The van der Waals surface area contributed by atoms with Crippen LogP contribution in [0, 0.1) is 11.3 Å². The number of esters is 1. The quantitative estimate of drug-likeness (QED) is 0.461. The van der Waals surface area contributed by atoms with Crippen LogP contribution in [0.1, 0.15) is 25.6 Å². The van der Waals surface area contributed by atoms with E-state index in [1.54, 1.807) is 28.8 Å². The molecule has 2 saturated heterocycles. The molecule has 2 atom stereocenters. The number of nitriles is 1. The standard InChI is InChI=1S/C19H18N4O4S/c1-19-7-6-16(25)23(19)14(10-28-19)18(26)27-9-15(24)11(8-20)17-21-12-4-2-3-5-13(12)22-17/h2-5,14,24H,6-7,9-10H2,1H3,(H,21,22)/b15-11-/t14-,19-/m1/s1. The monoisotopic (exact) mass is 398 g/mol. The van der Waals surface area contributed by atoms with Crippen molar-refractivity contribution in [3.05, 3.63) is 35.8 Å². The van der Waals surface area contributed by atoms with Crippen molar-refractivity contribution in [1.82, 2.24) is 14.9 Å². The molecular formula is C19H18N4O4S. The van der Waals surface area contributed by atoms with Gasteiger partial charge < -0.3 is 19.7 Å². The first-order valence-electron chi connectivity index (χ1n) is 8.83. The number of imidazole rings is 1. The molecule has 0 radical (unpaired) electrons. The number of hydrogen-bond acceptors (Lipinski definition) is 7. The van der Waals surface area contributed by atoms with Gasteiger partial charge in [0.15, 0.2) is 11.6 Å². The molecule has 2 fully saturated rings.